The maximum Gasteiger partial charge on any atom is 0.248 e. The van der Waals surface area contributed by atoms with E-state index >= 15 is 0 Å². The number of amides is 3. The van der Waals surface area contributed by atoms with E-state index in [-0.39, 0.29) is 30.4 Å². The van der Waals surface area contributed by atoms with Gasteiger partial charge in [-0.15, -0.1) is 13.2 Å². The molecule has 0 saturated carbocycles. The lowest BCUT2D eigenvalue weighted by Gasteiger charge is -2.38. The van der Waals surface area contributed by atoms with Crippen LogP contribution in [-0.4, -0.2) is 94.6 Å². The summed E-state index contributed by atoms with van der Waals surface area (Å²) < 4.78 is 6.42. The van der Waals surface area contributed by atoms with E-state index in [1.807, 2.05) is 0 Å². The second-order valence-corrected chi connectivity index (χ2v) is 9.27. The van der Waals surface area contributed by atoms with Crippen LogP contribution in [0.4, 0.5) is 0 Å². The minimum atomic E-state index is -1.04. The Bertz CT molecular complexity index is 771. The molecular weight excluding hydrogens is 410 g/mol. The Morgan fingerprint density at radius 2 is 2.00 bits per heavy atom. The Morgan fingerprint density at radius 1 is 1.31 bits per heavy atom. The zero-order chi connectivity index (χ0) is 23.6. The molecule has 3 fully saturated rings. The van der Waals surface area contributed by atoms with Gasteiger partial charge in [0.1, 0.15) is 11.6 Å². The molecule has 3 aliphatic rings. The van der Waals surface area contributed by atoms with Crippen molar-refractivity contribution in [3.8, 4) is 0 Å². The molecule has 0 aromatic rings. The summed E-state index contributed by atoms with van der Waals surface area (Å²) in [5.74, 6) is -1.97. The zero-order valence-electron chi connectivity index (χ0n) is 19.5. The average molecular weight is 448 g/mol. The maximum absolute atomic E-state index is 13.9. The molecule has 32 heavy (non-hydrogen) atoms. The number of rotatable bonds is 11. The van der Waals surface area contributed by atoms with Gasteiger partial charge >= 0.3 is 0 Å². The first-order valence-corrected chi connectivity index (χ1v) is 11.6. The normalized spacial score (nSPS) is 31.4. The van der Waals surface area contributed by atoms with E-state index in [1.54, 1.807) is 35.9 Å². The molecule has 3 heterocycles. The van der Waals surface area contributed by atoms with Crippen molar-refractivity contribution in [1.29, 1.82) is 0 Å². The lowest BCUT2D eigenvalue weighted by molar-refractivity contribution is -0.151. The first-order chi connectivity index (χ1) is 15.3. The van der Waals surface area contributed by atoms with Gasteiger partial charge in [0, 0.05) is 26.7 Å². The highest BCUT2D eigenvalue weighted by Gasteiger charge is 2.75. The summed E-state index contributed by atoms with van der Waals surface area (Å²) in [5.41, 5.74) is -1.04. The van der Waals surface area contributed by atoms with Gasteiger partial charge in [-0.25, -0.2) is 0 Å². The van der Waals surface area contributed by atoms with Crippen LogP contribution in [0.1, 0.15) is 39.5 Å². The molecule has 8 heteroatoms. The lowest BCUT2D eigenvalue weighted by atomic mass is 9.70. The molecule has 0 aliphatic carbocycles. The summed E-state index contributed by atoms with van der Waals surface area (Å²) in [7, 11) is 1.69. The molecule has 2 bridgehead atoms. The highest BCUT2D eigenvalue weighted by molar-refractivity contribution is 5.99. The van der Waals surface area contributed by atoms with Gasteiger partial charge in [0.2, 0.25) is 17.7 Å². The molecule has 178 valence electrons. The van der Waals surface area contributed by atoms with E-state index in [2.05, 4.69) is 20.1 Å². The standard InChI is InChI=1S/C24H37N3O5/c1-6-9-14-26(13-8-3)23(31)20-24-11-10-17(32-24)18(21(29)25(5)12-7-2)19(24)22(30)27(20)16(4)15-28/h7-8,16-20,28H,2-3,6,9-15H2,1,4-5H3/t16-,17+,18-,19+,20?,24?/m1/s1. The van der Waals surface area contributed by atoms with Crippen molar-refractivity contribution in [1.82, 2.24) is 14.7 Å². The quantitative estimate of drug-likeness (QED) is 0.481. The van der Waals surface area contributed by atoms with Crippen molar-refractivity contribution in [3.63, 3.8) is 0 Å². The van der Waals surface area contributed by atoms with Crippen LogP contribution >= 0.6 is 0 Å². The fourth-order valence-corrected chi connectivity index (χ4v) is 5.72. The summed E-state index contributed by atoms with van der Waals surface area (Å²) in [6.07, 6.45) is 5.89. The number of aliphatic hydroxyl groups is 1. The minimum Gasteiger partial charge on any atom is -0.394 e. The summed E-state index contributed by atoms with van der Waals surface area (Å²) in [5, 5.41) is 9.90. The maximum atomic E-state index is 13.9. The summed E-state index contributed by atoms with van der Waals surface area (Å²) in [4.78, 5) is 45.6. The van der Waals surface area contributed by atoms with Crippen molar-refractivity contribution in [2.75, 3.05) is 33.3 Å². The van der Waals surface area contributed by atoms with Gasteiger partial charge in [0.25, 0.3) is 0 Å². The summed E-state index contributed by atoms with van der Waals surface area (Å²) in [6, 6.07) is -1.41. The number of ether oxygens (including phenoxy) is 1. The van der Waals surface area contributed by atoms with Crippen molar-refractivity contribution in [2.24, 2.45) is 11.8 Å². The van der Waals surface area contributed by atoms with Gasteiger partial charge < -0.3 is 24.5 Å². The third-order valence-corrected chi connectivity index (χ3v) is 7.22. The van der Waals surface area contributed by atoms with Gasteiger partial charge in [-0.1, -0.05) is 25.5 Å². The molecule has 6 atom stereocenters. The number of carbonyl (C=O) groups is 3. The molecule has 1 spiro atoms. The van der Waals surface area contributed by atoms with Crippen LogP contribution in [0.15, 0.2) is 25.3 Å². The Balaban J connectivity index is 2.02. The van der Waals surface area contributed by atoms with Gasteiger partial charge in [0.15, 0.2) is 0 Å². The Hall–Kier alpha value is -2.19. The molecule has 0 aromatic carbocycles. The monoisotopic (exact) mass is 447 g/mol. The molecule has 0 aromatic heterocycles. The first-order valence-electron chi connectivity index (χ1n) is 11.6. The highest BCUT2D eigenvalue weighted by atomic mass is 16.5. The third-order valence-electron chi connectivity index (χ3n) is 7.22. The Kier molecular flexibility index (Phi) is 7.45. The van der Waals surface area contributed by atoms with Crippen molar-refractivity contribution >= 4 is 17.7 Å². The smallest absolute Gasteiger partial charge is 0.248 e. The van der Waals surface area contributed by atoms with E-state index in [0.29, 0.717) is 32.5 Å². The van der Waals surface area contributed by atoms with Crippen LogP contribution in [0.3, 0.4) is 0 Å². The third kappa shape index (κ3) is 3.77. The molecule has 2 unspecified atom stereocenters. The van der Waals surface area contributed by atoms with Gasteiger partial charge in [-0.05, 0) is 26.2 Å². The fourth-order valence-electron chi connectivity index (χ4n) is 5.72. The van der Waals surface area contributed by atoms with Crippen LogP contribution in [0, 0.1) is 11.8 Å². The second-order valence-electron chi connectivity index (χ2n) is 9.27. The number of likely N-dealkylation sites (tertiary alicyclic amines) is 1. The Morgan fingerprint density at radius 3 is 2.59 bits per heavy atom. The number of hydrogen-bond acceptors (Lipinski definition) is 5. The zero-order valence-corrected chi connectivity index (χ0v) is 19.5. The number of unbranched alkanes of at least 4 members (excludes halogenated alkanes) is 1. The topological polar surface area (TPSA) is 90.4 Å². The van der Waals surface area contributed by atoms with Crippen LogP contribution in [-0.2, 0) is 19.1 Å². The minimum absolute atomic E-state index is 0.159. The number of aliphatic hydroxyl groups excluding tert-OH is 1. The summed E-state index contributed by atoms with van der Waals surface area (Å²) >= 11 is 0. The fraction of sp³-hybridized carbons (Fsp3) is 0.708. The molecule has 3 aliphatic heterocycles. The van der Waals surface area contributed by atoms with E-state index in [0.717, 1.165) is 12.8 Å². The van der Waals surface area contributed by atoms with E-state index in [1.165, 1.54) is 4.90 Å². The predicted octanol–water partition coefficient (Wildman–Crippen LogP) is 1.20. The second kappa shape index (κ2) is 9.75. The van der Waals surface area contributed by atoms with Crippen LogP contribution < -0.4 is 0 Å². The number of carbonyl (C=O) groups excluding carboxylic acids is 3. The van der Waals surface area contributed by atoms with E-state index < -0.39 is 29.5 Å². The molecule has 8 nitrogen and oxygen atoms in total. The van der Waals surface area contributed by atoms with E-state index in [4.69, 9.17) is 4.74 Å². The number of nitrogens with zero attached hydrogens (tertiary/aromatic N) is 3. The largest absolute Gasteiger partial charge is 0.394 e. The molecule has 0 radical (unpaired) electrons. The van der Waals surface area contributed by atoms with Crippen molar-refractivity contribution < 1.29 is 24.2 Å². The highest BCUT2D eigenvalue weighted by Crippen LogP contribution is 2.59. The molecule has 3 saturated heterocycles. The SMILES string of the molecule is C=CCN(C)C(=O)[C@@H]1[C@@H]2CCC3(O2)C(C(=O)N(CC=C)CCCC)N([C@H](C)CO)C(=O)[C@H]13. The first kappa shape index (κ1) is 24.5. The van der Waals surface area contributed by atoms with Gasteiger partial charge in [0.05, 0.1) is 30.6 Å². The Labute approximate surface area is 190 Å². The molecular formula is C24H37N3O5. The molecule has 3 rings (SSSR count). The molecule has 1 N–H and O–H groups in total. The number of fused-ring (bicyclic) bond motifs is 1. The average Bonchev–Trinajstić information content (AvgIpc) is 3.42. The van der Waals surface area contributed by atoms with Gasteiger partial charge in [-0.2, -0.15) is 0 Å². The molecule has 3 amide bonds. The predicted molar refractivity (Wildman–Crippen MR) is 121 cm³/mol. The lowest BCUT2D eigenvalue weighted by Crippen LogP contribution is -2.58. The van der Waals surface area contributed by atoms with Crippen molar-refractivity contribution in [2.45, 2.75) is 63.3 Å². The number of likely N-dealkylation sites (N-methyl/N-ethyl adjacent to an activating group) is 1. The number of hydrogen-bond donors (Lipinski definition) is 1. The van der Waals surface area contributed by atoms with E-state index in [9.17, 15) is 19.5 Å². The summed E-state index contributed by atoms with van der Waals surface area (Å²) in [6.45, 7) is 12.3. The van der Waals surface area contributed by atoms with Crippen LogP contribution in [0.2, 0.25) is 0 Å². The van der Waals surface area contributed by atoms with Crippen molar-refractivity contribution in [3.05, 3.63) is 25.3 Å². The van der Waals surface area contributed by atoms with Gasteiger partial charge in [-0.3, -0.25) is 14.4 Å². The van der Waals surface area contributed by atoms with Crippen LogP contribution in [0.25, 0.3) is 0 Å². The van der Waals surface area contributed by atoms with Crippen LogP contribution in [0.5, 0.6) is 0 Å².